The number of ether oxygens (including phenoxy) is 2. The lowest BCUT2D eigenvalue weighted by atomic mass is 10.0. The molecule has 3 aromatic rings. The summed E-state index contributed by atoms with van der Waals surface area (Å²) in [5.74, 6) is -0.411. The second kappa shape index (κ2) is 9.12. The quantitative estimate of drug-likeness (QED) is 0.578. The first-order chi connectivity index (χ1) is 14.7. The number of carbonyl (C=O) groups is 2. The third-order valence-electron chi connectivity index (χ3n) is 4.89. The van der Waals surface area contributed by atoms with Gasteiger partial charge in [0.1, 0.15) is 17.4 Å². The van der Waals surface area contributed by atoms with Gasteiger partial charge < -0.3 is 19.6 Å². The zero-order valence-corrected chi connectivity index (χ0v) is 18.2. The van der Waals surface area contributed by atoms with Crippen LogP contribution >= 0.6 is 0 Å². The van der Waals surface area contributed by atoms with Crippen molar-refractivity contribution in [3.05, 3.63) is 65.9 Å². The van der Waals surface area contributed by atoms with Crippen LogP contribution in [-0.2, 0) is 22.5 Å². The van der Waals surface area contributed by atoms with E-state index in [4.69, 9.17) is 9.47 Å². The molecule has 1 heterocycles. The molecule has 0 aliphatic heterocycles. The first-order valence-corrected chi connectivity index (χ1v) is 10.1. The lowest BCUT2D eigenvalue weighted by molar-refractivity contribution is -0.143. The topological polar surface area (TPSA) is 91.9 Å². The Morgan fingerprint density at radius 2 is 1.77 bits per heavy atom. The minimum atomic E-state index is -1.10. The standard InChI is InChI=1S/C24H28N2O5/c1-24(2,3)31-23(29)26(15-16-9-11-18(30-4)12-10-16)21(22(27)28)13-17-14-25-20-8-6-5-7-19(17)20/h5-12,14,21,25H,13,15H2,1-4H3,(H,27,28)/t21-/m0/s1. The number of rotatable bonds is 7. The number of amides is 1. The Labute approximate surface area is 181 Å². The van der Waals surface area contributed by atoms with E-state index in [1.54, 1.807) is 58.3 Å². The minimum absolute atomic E-state index is 0.0955. The molecule has 31 heavy (non-hydrogen) atoms. The molecule has 0 bridgehead atoms. The predicted octanol–water partition coefficient (Wildman–Crippen LogP) is 4.61. The van der Waals surface area contributed by atoms with Crippen LogP contribution < -0.4 is 4.74 Å². The van der Waals surface area contributed by atoms with Crippen LogP contribution in [0.3, 0.4) is 0 Å². The number of carbonyl (C=O) groups excluding carboxylic acids is 1. The lowest BCUT2D eigenvalue weighted by Gasteiger charge is -2.31. The molecule has 1 atom stereocenters. The monoisotopic (exact) mass is 424 g/mol. The van der Waals surface area contributed by atoms with Crippen molar-refractivity contribution in [2.45, 2.75) is 45.4 Å². The molecule has 7 nitrogen and oxygen atoms in total. The number of nitrogens with one attached hydrogen (secondary N) is 1. The number of aliphatic carboxylic acids is 1. The highest BCUT2D eigenvalue weighted by atomic mass is 16.6. The van der Waals surface area contributed by atoms with Crippen LogP contribution in [0.1, 0.15) is 31.9 Å². The molecule has 2 N–H and O–H groups in total. The Morgan fingerprint density at radius 3 is 2.39 bits per heavy atom. The Bertz CT molecular complexity index is 1050. The molecule has 3 rings (SSSR count). The van der Waals surface area contributed by atoms with Crippen LogP contribution in [-0.4, -0.2) is 45.8 Å². The fourth-order valence-corrected chi connectivity index (χ4v) is 3.39. The number of H-pyrrole nitrogens is 1. The average Bonchev–Trinajstić information content (AvgIpc) is 3.12. The summed E-state index contributed by atoms with van der Waals surface area (Å²) in [5.41, 5.74) is 1.77. The average molecular weight is 424 g/mol. The first-order valence-electron chi connectivity index (χ1n) is 10.1. The summed E-state index contributed by atoms with van der Waals surface area (Å²) in [7, 11) is 1.57. The zero-order chi connectivity index (χ0) is 22.6. The number of aromatic amines is 1. The van der Waals surface area contributed by atoms with Gasteiger partial charge in [0.2, 0.25) is 0 Å². The number of methoxy groups -OCH3 is 1. The minimum Gasteiger partial charge on any atom is -0.497 e. The molecule has 2 aromatic carbocycles. The summed E-state index contributed by atoms with van der Waals surface area (Å²) >= 11 is 0. The largest absolute Gasteiger partial charge is 0.497 e. The van der Waals surface area contributed by atoms with E-state index in [0.29, 0.717) is 5.75 Å². The van der Waals surface area contributed by atoms with Crippen molar-refractivity contribution in [1.82, 2.24) is 9.88 Å². The second-order valence-corrected chi connectivity index (χ2v) is 8.37. The Balaban J connectivity index is 1.94. The van der Waals surface area contributed by atoms with Crippen LogP contribution in [0.4, 0.5) is 4.79 Å². The summed E-state index contributed by atoms with van der Waals surface area (Å²) in [6.07, 6.45) is 1.27. The number of hydrogen-bond donors (Lipinski definition) is 2. The van der Waals surface area contributed by atoms with Gasteiger partial charge in [0, 0.05) is 30.1 Å². The Hall–Kier alpha value is -3.48. The molecule has 0 radical (unpaired) electrons. The van der Waals surface area contributed by atoms with Crippen molar-refractivity contribution in [2.24, 2.45) is 0 Å². The summed E-state index contributed by atoms with van der Waals surface area (Å²) in [4.78, 5) is 29.8. The van der Waals surface area contributed by atoms with E-state index in [1.807, 2.05) is 24.3 Å². The molecular weight excluding hydrogens is 396 g/mol. The summed E-state index contributed by atoms with van der Waals surface area (Å²) in [5, 5.41) is 11.0. The van der Waals surface area contributed by atoms with Crippen LogP contribution in [0.25, 0.3) is 10.9 Å². The van der Waals surface area contributed by atoms with E-state index in [9.17, 15) is 14.7 Å². The van der Waals surface area contributed by atoms with Gasteiger partial charge in [0.05, 0.1) is 7.11 Å². The summed E-state index contributed by atoms with van der Waals surface area (Å²) in [6, 6.07) is 13.7. The molecule has 0 aliphatic rings. The molecule has 0 unspecified atom stereocenters. The van der Waals surface area contributed by atoms with Crippen molar-refractivity contribution >= 4 is 23.0 Å². The molecule has 0 fully saturated rings. The highest BCUT2D eigenvalue weighted by Gasteiger charge is 2.33. The number of aromatic nitrogens is 1. The number of carboxylic acids is 1. The number of nitrogens with zero attached hydrogens (tertiary/aromatic N) is 1. The van der Waals surface area contributed by atoms with Gasteiger partial charge in [0.25, 0.3) is 0 Å². The number of para-hydroxylation sites is 1. The molecule has 0 spiro atoms. The van der Waals surface area contributed by atoms with E-state index in [0.717, 1.165) is 22.0 Å². The first kappa shape index (κ1) is 22.2. The molecular formula is C24H28N2O5. The molecule has 0 saturated heterocycles. The lowest BCUT2D eigenvalue weighted by Crippen LogP contribution is -2.47. The van der Waals surface area contributed by atoms with Gasteiger partial charge in [0.15, 0.2) is 0 Å². The maximum atomic E-state index is 13.0. The number of benzene rings is 2. The van der Waals surface area contributed by atoms with Crippen LogP contribution in [0.15, 0.2) is 54.7 Å². The Morgan fingerprint density at radius 1 is 1.10 bits per heavy atom. The van der Waals surface area contributed by atoms with E-state index >= 15 is 0 Å². The van der Waals surface area contributed by atoms with Crippen molar-refractivity contribution in [2.75, 3.05) is 7.11 Å². The highest BCUT2D eigenvalue weighted by Crippen LogP contribution is 2.24. The van der Waals surface area contributed by atoms with Crippen LogP contribution in [0.2, 0.25) is 0 Å². The normalized spacial score (nSPS) is 12.4. The highest BCUT2D eigenvalue weighted by molar-refractivity contribution is 5.85. The van der Waals surface area contributed by atoms with Gasteiger partial charge in [-0.3, -0.25) is 4.90 Å². The molecule has 1 amide bonds. The van der Waals surface area contributed by atoms with Gasteiger partial charge >= 0.3 is 12.1 Å². The third-order valence-corrected chi connectivity index (χ3v) is 4.89. The van der Waals surface area contributed by atoms with Gasteiger partial charge in [-0.1, -0.05) is 30.3 Å². The van der Waals surface area contributed by atoms with E-state index in [2.05, 4.69) is 4.98 Å². The van der Waals surface area contributed by atoms with Gasteiger partial charge in [-0.15, -0.1) is 0 Å². The smallest absolute Gasteiger partial charge is 0.411 e. The molecule has 164 valence electrons. The van der Waals surface area contributed by atoms with Crippen LogP contribution in [0.5, 0.6) is 5.75 Å². The number of fused-ring (bicyclic) bond motifs is 1. The van der Waals surface area contributed by atoms with Crippen molar-refractivity contribution in [1.29, 1.82) is 0 Å². The van der Waals surface area contributed by atoms with Gasteiger partial charge in [-0.2, -0.15) is 0 Å². The van der Waals surface area contributed by atoms with E-state index < -0.39 is 23.7 Å². The maximum Gasteiger partial charge on any atom is 0.411 e. The Kier molecular flexibility index (Phi) is 6.53. The predicted molar refractivity (Wildman–Crippen MR) is 118 cm³/mol. The number of hydrogen-bond acceptors (Lipinski definition) is 4. The van der Waals surface area contributed by atoms with Crippen molar-refractivity contribution in [3.8, 4) is 5.75 Å². The van der Waals surface area contributed by atoms with Gasteiger partial charge in [-0.05, 0) is 50.1 Å². The fourth-order valence-electron chi connectivity index (χ4n) is 3.39. The molecule has 7 heteroatoms. The van der Waals surface area contributed by atoms with E-state index in [1.165, 1.54) is 4.90 Å². The van der Waals surface area contributed by atoms with Crippen molar-refractivity contribution < 1.29 is 24.2 Å². The maximum absolute atomic E-state index is 13.0. The summed E-state index contributed by atoms with van der Waals surface area (Å²) in [6.45, 7) is 5.36. The molecule has 1 aromatic heterocycles. The molecule has 0 saturated carbocycles. The second-order valence-electron chi connectivity index (χ2n) is 8.37. The summed E-state index contributed by atoms with van der Waals surface area (Å²) < 4.78 is 10.7. The van der Waals surface area contributed by atoms with Crippen LogP contribution in [0, 0.1) is 0 Å². The SMILES string of the molecule is COc1ccc(CN(C(=O)OC(C)(C)C)[C@@H](Cc2c[nH]c3ccccc23)C(=O)O)cc1. The van der Waals surface area contributed by atoms with Gasteiger partial charge in [-0.25, -0.2) is 9.59 Å². The fraction of sp³-hybridized carbons (Fsp3) is 0.333. The molecule has 0 aliphatic carbocycles. The van der Waals surface area contributed by atoms with E-state index in [-0.39, 0.29) is 13.0 Å². The zero-order valence-electron chi connectivity index (χ0n) is 18.2. The third kappa shape index (κ3) is 5.57. The van der Waals surface area contributed by atoms with Crippen molar-refractivity contribution in [3.63, 3.8) is 0 Å². The number of carboxylic acid groups (broad SMARTS) is 1.